The molecule has 1 saturated carbocycles. The average Bonchev–Trinajstić information content (AvgIpc) is 2.95. The van der Waals surface area contributed by atoms with Gasteiger partial charge in [-0.1, -0.05) is 12.8 Å². The predicted octanol–water partition coefficient (Wildman–Crippen LogP) is 1.43. The molecule has 0 heterocycles. The van der Waals surface area contributed by atoms with Gasteiger partial charge in [0.2, 0.25) is 10.0 Å². The number of sulfonamides is 1. The Morgan fingerprint density at radius 2 is 1.81 bits per heavy atom. The highest BCUT2D eigenvalue weighted by atomic mass is 32.2. The van der Waals surface area contributed by atoms with Crippen molar-refractivity contribution in [2.24, 2.45) is 5.41 Å². The largest absolute Gasteiger partial charge is 0.396 e. The smallest absolute Gasteiger partial charge is 0.269 e. The number of rotatable bonds is 6. The molecule has 0 saturated heterocycles. The van der Waals surface area contributed by atoms with E-state index in [4.69, 9.17) is 0 Å². The van der Waals surface area contributed by atoms with E-state index in [1.165, 1.54) is 12.1 Å². The molecule has 0 atom stereocenters. The number of nitro groups is 1. The van der Waals surface area contributed by atoms with E-state index in [1.54, 1.807) is 0 Å². The number of hydrogen-bond donors (Lipinski definition) is 2. The summed E-state index contributed by atoms with van der Waals surface area (Å²) in [6.45, 7) is 0.138. The van der Waals surface area contributed by atoms with Crippen molar-refractivity contribution in [3.63, 3.8) is 0 Å². The molecular formula is C13H18N2O5S. The molecule has 7 nitrogen and oxygen atoms in total. The molecule has 116 valence electrons. The van der Waals surface area contributed by atoms with Crippen LogP contribution < -0.4 is 4.72 Å². The van der Waals surface area contributed by atoms with E-state index in [0.717, 1.165) is 37.8 Å². The van der Waals surface area contributed by atoms with Crippen LogP contribution >= 0.6 is 0 Å². The second-order valence-electron chi connectivity index (χ2n) is 5.44. The van der Waals surface area contributed by atoms with E-state index >= 15 is 0 Å². The van der Waals surface area contributed by atoms with Gasteiger partial charge in [0.15, 0.2) is 0 Å². The minimum atomic E-state index is -3.72. The monoisotopic (exact) mass is 314 g/mol. The van der Waals surface area contributed by atoms with Crippen LogP contribution in [0.2, 0.25) is 0 Å². The van der Waals surface area contributed by atoms with Gasteiger partial charge in [-0.15, -0.1) is 0 Å². The minimum Gasteiger partial charge on any atom is -0.396 e. The molecule has 1 aromatic carbocycles. The summed E-state index contributed by atoms with van der Waals surface area (Å²) in [5, 5.41) is 20.0. The first kappa shape index (κ1) is 15.9. The first-order valence-corrected chi connectivity index (χ1v) is 8.22. The molecule has 21 heavy (non-hydrogen) atoms. The summed E-state index contributed by atoms with van der Waals surface area (Å²) in [7, 11) is -3.72. The molecule has 1 fully saturated rings. The lowest BCUT2D eigenvalue weighted by atomic mass is 9.88. The van der Waals surface area contributed by atoms with Crippen LogP contribution in [0.3, 0.4) is 0 Å². The van der Waals surface area contributed by atoms with Gasteiger partial charge in [-0.2, -0.15) is 0 Å². The van der Waals surface area contributed by atoms with Crippen molar-refractivity contribution in [2.45, 2.75) is 30.6 Å². The molecule has 2 N–H and O–H groups in total. The molecule has 0 spiro atoms. The quantitative estimate of drug-likeness (QED) is 0.609. The number of hydrogen-bond acceptors (Lipinski definition) is 5. The van der Waals surface area contributed by atoms with Gasteiger partial charge >= 0.3 is 0 Å². The molecule has 1 aliphatic carbocycles. The van der Waals surface area contributed by atoms with Crippen molar-refractivity contribution in [2.75, 3.05) is 13.2 Å². The molecule has 1 aromatic rings. The van der Waals surface area contributed by atoms with E-state index in [2.05, 4.69) is 4.72 Å². The molecule has 0 unspecified atom stereocenters. The van der Waals surface area contributed by atoms with E-state index in [1.807, 2.05) is 0 Å². The fraction of sp³-hybridized carbons (Fsp3) is 0.538. The van der Waals surface area contributed by atoms with Gasteiger partial charge in [0.1, 0.15) is 0 Å². The first-order valence-electron chi connectivity index (χ1n) is 6.74. The highest BCUT2D eigenvalue weighted by Crippen LogP contribution is 2.37. The van der Waals surface area contributed by atoms with Crippen LogP contribution in [0.5, 0.6) is 0 Å². The van der Waals surface area contributed by atoms with Crippen LogP contribution in [0, 0.1) is 15.5 Å². The molecular weight excluding hydrogens is 296 g/mol. The second kappa shape index (κ2) is 6.08. The number of nitrogens with zero attached hydrogens (tertiary/aromatic N) is 1. The summed E-state index contributed by atoms with van der Waals surface area (Å²) in [5.41, 5.74) is -0.537. The Bertz CT molecular complexity index is 606. The van der Waals surface area contributed by atoms with Crippen LogP contribution in [-0.4, -0.2) is 31.6 Å². The Morgan fingerprint density at radius 3 is 2.29 bits per heavy atom. The third-order valence-corrected chi connectivity index (χ3v) is 5.41. The summed E-state index contributed by atoms with van der Waals surface area (Å²) in [5.74, 6) is 0. The highest BCUT2D eigenvalue weighted by Gasteiger charge is 2.34. The SMILES string of the molecule is O=[N+]([O-])c1ccc(S(=O)(=O)NCC2(CO)CCCC2)cc1. The predicted molar refractivity (Wildman–Crippen MR) is 76.3 cm³/mol. The molecule has 0 aliphatic heterocycles. The van der Waals surface area contributed by atoms with Crippen molar-refractivity contribution in [1.82, 2.24) is 4.72 Å². The van der Waals surface area contributed by atoms with Crippen molar-refractivity contribution in [1.29, 1.82) is 0 Å². The summed E-state index contributed by atoms with van der Waals surface area (Å²) in [4.78, 5) is 9.96. The van der Waals surface area contributed by atoms with E-state index in [-0.39, 0.29) is 29.1 Å². The van der Waals surface area contributed by atoms with E-state index < -0.39 is 14.9 Å². The third kappa shape index (κ3) is 3.58. The zero-order chi connectivity index (χ0) is 15.5. The number of nitrogens with one attached hydrogen (secondary N) is 1. The maximum Gasteiger partial charge on any atom is 0.269 e. The van der Waals surface area contributed by atoms with Crippen molar-refractivity contribution >= 4 is 15.7 Å². The van der Waals surface area contributed by atoms with Gasteiger partial charge < -0.3 is 5.11 Å². The number of aliphatic hydroxyl groups excluding tert-OH is 1. The van der Waals surface area contributed by atoms with Gasteiger partial charge in [0.05, 0.1) is 9.82 Å². The topological polar surface area (TPSA) is 110 Å². The Morgan fingerprint density at radius 1 is 1.24 bits per heavy atom. The Kier molecular flexibility index (Phi) is 4.60. The Labute approximate surface area is 123 Å². The number of non-ortho nitro benzene ring substituents is 1. The number of aliphatic hydroxyl groups is 1. The summed E-state index contributed by atoms with van der Waals surface area (Å²) in [6.07, 6.45) is 3.57. The Hall–Kier alpha value is -1.51. The first-order chi connectivity index (χ1) is 9.88. The highest BCUT2D eigenvalue weighted by molar-refractivity contribution is 7.89. The molecule has 0 radical (unpaired) electrons. The fourth-order valence-corrected chi connectivity index (χ4v) is 3.75. The van der Waals surface area contributed by atoms with Crippen molar-refractivity contribution < 1.29 is 18.4 Å². The lowest BCUT2D eigenvalue weighted by Gasteiger charge is -2.26. The lowest BCUT2D eigenvalue weighted by molar-refractivity contribution is -0.384. The van der Waals surface area contributed by atoms with Gasteiger partial charge in [-0.3, -0.25) is 10.1 Å². The molecule has 0 aromatic heterocycles. The zero-order valence-electron chi connectivity index (χ0n) is 11.5. The van der Waals surface area contributed by atoms with Crippen LogP contribution in [-0.2, 0) is 10.0 Å². The number of benzene rings is 1. The third-order valence-electron chi connectivity index (χ3n) is 3.99. The molecule has 2 rings (SSSR count). The van der Waals surface area contributed by atoms with Gasteiger partial charge in [0, 0.05) is 30.7 Å². The van der Waals surface area contributed by atoms with E-state index in [0.29, 0.717) is 0 Å². The van der Waals surface area contributed by atoms with Crippen LogP contribution in [0.15, 0.2) is 29.2 Å². The number of nitro benzene ring substituents is 1. The summed E-state index contributed by atoms with van der Waals surface area (Å²) >= 11 is 0. The standard InChI is InChI=1S/C13H18N2O5S/c16-10-13(7-1-2-8-13)9-14-21(19,20)12-5-3-11(4-6-12)15(17)18/h3-6,14,16H,1-2,7-10H2. The summed E-state index contributed by atoms with van der Waals surface area (Å²) in [6, 6.07) is 4.74. The maximum absolute atomic E-state index is 12.2. The second-order valence-corrected chi connectivity index (χ2v) is 7.21. The van der Waals surface area contributed by atoms with Crippen LogP contribution in [0.25, 0.3) is 0 Å². The van der Waals surface area contributed by atoms with Gasteiger partial charge in [-0.25, -0.2) is 13.1 Å². The molecule has 1 aliphatic rings. The minimum absolute atomic E-state index is 0.0146. The zero-order valence-corrected chi connectivity index (χ0v) is 12.3. The molecule has 0 bridgehead atoms. The van der Waals surface area contributed by atoms with Crippen molar-refractivity contribution in [3.8, 4) is 0 Å². The summed E-state index contributed by atoms with van der Waals surface area (Å²) < 4.78 is 26.8. The van der Waals surface area contributed by atoms with Crippen LogP contribution in [0.1, 0.15) is 25.7 Å². The Balaban J connectivity index is 2.09. The molecule has 0 amide bonds. The fourth-order valence-electron chi connectivity index (χ4n) is 2.59. The van der Waals surface area contributed by atoms with Gasteiger partial charge in [-0.05, 0) is 25.0 Å². The van der Waals surface area contributed by atoms with Crippen molar-refractivity contribution in [3.05, 3.63) is 34.4 Å². The maximum atomic E-state index is 12.2. The molecule has 8 heteroatoms. The lowest BCUT2D eigenvalue weighted by Crippen LogP contribution is -2.38. The van der Waals surface area contributed by atoms with Gasteiger partial charge in [0.25, 0.3) is 5.69 Å². The van der Waals surface area contributed by atoms with E-state index in [9.17, 15) is 23.6 Å². The normalized spacial score (nSPS) is 17.8. The average molecular weight is 314 g/mol. The van der Waals surface area contributed by atoms with Crippen LogP contribution in [0.4, 0.5) is 5.69 Å².